The first-order valence-corrected chi connectivity index (χ1v) is 14.1. The molecule has 0 bridgehead atoms. The molecular formula is C29H39N5O2. The molecule has 3 aromatic rings. The normalized spacial score (nSPS) is 25.4. The second kappa shape index (κ2) is 10.1. The van der Waals surface area contributed by atoms with Crippen LogP contribution in [0.5, 0.6) is 0 Å². The number of hydrogen-bond donors (Lipinski definition) is 2. The Labute approximate surface area is 212 Å². The summed E-state index contributed by atoms with van der Waals surface area (Å²) in [6.45, 7) is 5.19. The molecule has 3 aliphatic rings. The third-order valence-electron chi connectivity index (χ3n) is 8.70. The summed E-state index contributed by atoms with van der Waals surface area (Å²) in [5.41, 5.74) is 1.96. The lowest BCUT2D eigenvalue weighted by Crippen LogP contribution is -2.38. The van der Waals surface area contributed by atoms with Gasteiger partial charge in [0.2, 0.25) is 5.95 Å². The number of pyridine rings is 1. The number of aromatic nitrogens is 3. The lowest BCUT2D eigenvalue weighted by atomic mass is 9.92. The molecule has 2 aromatic heterocycles. The van der Waals surface area contributed by atoms with Crippen molar-refractivity contribution in [2.45, 2.75) is 95.9 Å². The monoisotopic (exact) mass is 489 g/mol. The number of aliphatic hydroxyl groups is 1. The summed E-state index contributed by atoms with van der Waals surface area (Å²) in [6, 6.07) is 7.09. The van der Waals surface area contributed by atoms with Crippen LogP contribution < -0.4 is 10.9 Å². The zero-order valence-electron chi connectivity index (χ0n) is 21.5. The van der Waals surface area contributed by atoms with Crippen LogP contribution in [0.4, 0.5) is 5.95 Å². The van der Waals surface area contributed by atoms with Gasteiger partial charge < -0.3 is 10.4 Å². The Morgan fingerprint density at radius 3 is 2.64 bits per heavy atom. The van der Waals surface area contributed by atoms with Gasteiger partial charge >= 0.3 is 0 Å². The van der Waals surface area contributed by atoms with E-state index in [1.54, 1.807) is 0 Å². The minimum Gasteiger partial charge on any atom is -0.393 e. The fourth-order valence-electron chi connectivity index (χ4n) is 6.34. The highest BCUT2D eigenvalue weighted by Crippen LogP contribution is 2.33. The van der Waals surface area contributed by atoms with Gasteiger partial charge in [0, 0.05) is 42.1 Å². The van der Waals surface area contributed by atoms with Crippen LogP contribution in [-0.4, -0.2) is 49.8 Å². The Morgan fingerprint density at radius 1 is 1.03 bits per heavy atom. The van der Waals surface area contributed by atoms with Gasteiger partial charge in [0.1, 0.15) is 5.65 Å². The highest BCUT2D eigenvalue weighted by Gasteiger charge is 2.26. The van der Waals surface area contributed by atoms with Gasteiger partial charge in [-0.1, -0.05) is 25.5 Å². The molecule has 1 atom stereocenters. The van der Waals surface area contributed by atoms with E-state index in [-0.39, 0.29) is 17.7 Å². The van der Waals surface area contributed by atoms with Gasteiger partial charge in [-0.2, -0.15) is 4.98 Å². The summed E-state index contributed by atoms with van der Waals surface area (Å²) in [5, 5.41) is 16.1. The van der Waals surface area contributed by atoms with Gasteiger partial charge in [0.15, 0.2) is 0 Å². The topological polar surface area (TPSA) is 83.3 Å². The molecule has 1 aromatic carbocycles. The van der Waals surface area contributed by atoms with Crippen molar-refractivity contribution in [3.8, 4) is 0 Å². The molecular weight excluding hydrogens is 450 g/mol. The molecule has 1 saturated heterocycles. The van der Waals surface area contributed by atoms with Crippen molar-refractivity contribution in [2.75, 3.05) is 18.4 Å². The zero-order valence-corrected chi connectivity index (χ0v) is 21.5. The number of likely N-dealkylation sites (tertiary alicyclic amines) is 1. The van der Waals surface area contributed by atoms with Crippen molar-refractivity contribution in [3.63, 3.8) is 0 Å². The van der Waals surface area contributed by atoms with Crippen LogP contribution in [0.15, 0.2) is 29.2 Å². The average molecular weight is 490 g/mol. The van der Waals surface area contributed by atoms with E-state index in [1.165, 1.54) is 44.1 Å². The Morgan fingerprint density at radius 2 is 1.86 bits per heavy atom. The third-order valence-corrected chi connectivity index (χ3v) is 8.70. The maximum Gasteiger partial charge on any atom is 0.260 e. The Balaban J connectivity index is 1.43. The smallest absolute Gasteiger partial charge is 0.260 e. The van der Waals surface area contributed by atoms with E-state index in [9.17, 15) is 9.90 Å². The standard InChI is InChI=1S/C29H39N5O2/c1-2-21-5-3-4-14-33(21)18-20-8-13-24-25(15-20)28(36)34(22-9-11-23(35)12-10-22)27-26(24)17-31-29(32-27)30-16-19-6-7-19/h8,13,15,17,19,21-23,35H,2-7,9-12,14,16,18H2,1H3,(H,30,31,32). The number of hydrogen-bond acceptors (Lipinski definition) is 6. The second-order valence-electron chi connectivity index (χ2n) is 11.3. The summed E-state index contributed by atoms with van der Waals surface area (Å²) in [4.78, 5) is 26.2. The first-order valence-electron chi connectivity index (χ1n) is 14.1. The molecule has 7 nitrogen and oxygen atoms in total. The van der Waals surface area contributed by atoms with Crippen LogP contribution >= 0.6 is 0 Å². The van der Waals surface area contributed by atoms with E-state index in [0.29, 0.717) is 17.9 Å². The summed E-state index contributed by atoms with van der Waals surface area (Å²) < 4.78 is 1.92. The van der Waals surface area contributed by atoms with Crippen LogP contribution in [0, 0.1) is 5.92 Å². The van der Waals surface area contributed by atoms with Gasteiger partial charge in [0.05, 0.1) is 6.10 Å². The fourth-order valence-corrected chi connectivity index (χ4v) is 6.34. The number of fused-ring (bicyclic) bond motifs is 3. The molecule has 6 rings (SSSR count). The van der Waals surface area contributed by atoms with E-state index in [4.69, 9.17) is 4.98 Å². The number of nitrogens with zero attached hydrogens (tertiary/aromatic N) is 4. The van der Waals surface area contributed by atoms with Crippen molar-refractivity contribution in [2.24, 2.45) is 5.92 Å². The number of piperidine rings is 1. The number of aliphatic hydroxyl groups excluding tert-OH is 1. The number of rotatable bonds is 7. The Kier molecular flexibility index (Phi) is 6.69. The van der Waals surface area contributed by atoms with E-state index in [2.05, 4.69) is 40.3 Å². The van der Waals surface area contributed by atoms with Crippen LogP contribution in [0.2, 0.25) is 0 Å². The molecule has 0 radical (unpaired) electrons. The molecule has 7 heteroatoms. The second-order valence-corrected chi connectivity index (χ2v) is 11.3. The molecule has 2 saturated carbocycles. The molecule has 3 fully saturated rings. The minimum atomic E-state index is -0.267. The molecule has 36 heavy (non-hydrogen) atoms. The Hall–Kier alpha value is -2.51. The quantitative estimate of drug-likeness (QED) is 0.454. The van der Waals surface area contributed by atoms with Crippen LogP contribution in [0.25, 0.3) is 21.8 Å². The predicted octanol–water partition coefficient (Wildman–Crippen LogP) is 5.01. The molecule has 0 amide bonds. The summed E-state index contributed by atoms with van der Waals surface area (Å²) in [7, 11) is 0. The van der Waals surface area contributed by atoms with Crippen molar-refractivity contribution < 1.29 is 5.11 Å². The molecule has 0 spiro atoms. The van der Waals surface area contributed by atoms with Crippen LogP contribution in [-0.2, 0) is 6.54 Å². The summed E-state index contributed by atoms with van der Waals surface area (Å²) >= 11 is 0. The van der Waals surface area contributed by atoms with E-state index >= 15 is 0 Å². The lowest BCUT2D eigenvalue weighted by molar-refractivity contribution is 0.111. The summed E-state index contributed by atoms with van der Waals surface area (Å²) in [5.74, 6) is 1.32. The van der Waals surface area contributed by atoms with E-state index in [1.807, 2.05) is 10.8 Å². The van der Waals surface area contributed by atoms with Crippen LogP contribution in [0.3, 0.4) is 0 Å². The maximum absolute atomic E-state index is 14.1. The molecule has 192 valence electrons. The van der Waals surface area contributed by atoms with Gasteiger partial charge in [-0.15, -0.1) is 0 Å². The number of benzene rings is 1. The van der Waals surface area contributed by atoms with Gasteiger partial charge in [-0.3, -0.25) is 14.3 Å². The predicted molar refractivity (Wildman–Crippen MR) is 144 cm³/mol. The number of nitrogens with one attached hydrogen (secondary N) is 1. The SMILES string of the molecule is CCC1CCCCN1Cc1ccc2c(c1)c(=O)n(C1CCC(O)CC1)c1nc(NCC3CC3)ncc21. The maximum atomic E-state index is 14.1. The molecule has 3 heterocycles. The fraction of sp³-hybridized carbons (Fsp3) is 0.621. The van der Waals surface area contributed by atoms with E-state index in [0.717, 1.165) is 67.1 Å². The molecule has 2 N–H and O–H groups in total. The van der Waals surface area contributed by atoms with Crippen molar-refractivity contribution in [3.05, 3.63) is 40.3 Å². The third kappa shape index (κ3) is 4.75. The first-order chi connectivity index (χ1) is 17.6. The van der Waals surface area contributed by atoms with Crippen molar-refractivity contribution in [1.29, 1.82) is 0 Å². The molecule has 1 aliphatic heterocycles. The molecule has 2 aliphatic carbocycles. The molecule has 1 unspecified atom stereocenters. The van der Waals surface area contributed by atoms with Crippen LogP contribution in [0.1, 0.15) is 82.7 Å². The lowest BCUT2D eigenvalue weighted by Gasteiger charge is -2.35. The van der Waals surface area contributed by atoms with Gasteiger partial charge in [0.25, 0.3) is 5.56 Å². The number of anilines is 1. The highest BCUT2D eigenvalue weighted by molar-refractivity contribution is 6.04. The highest BCUT2D eigenvalue weighted by atomic mass is 16.3. The van der Waals surface area contributed by atoms with Gasteiger partial charge in [-0.05, 0) is 87.3 Å². The largest absolute Gasteiger partial charge is 0.393 e. The first kappa shape index (κ1) is 23.9. The minimum absolute atomic E-state index is 0.0401. The zero-order chi connectivity index (χ0) is 24.6. The van der Waals surface area contributed by atoms with E-state index < -0.39 is 0 Å². The summed E-state index contributed by atoms with van der Waals surface area (Å²) in [6.07, 6.45) is 12.2. The average Bonchev–Trinajstić information content (AvgIpc) is 3.74. The Bertz CT molecular complexity index is 1290. The van der Waals surface area contributed by atoms with Crippen molar-refractivity contribution >= 4 is 27.8 Å². The van der Waals surface area contributed by atoms with Crippen molar-refractivity contribution in [1.82, 2.24) is 19.4 Å². The van der Waals surface area contributed by atoms with Gasteiger partial charge in [-0.25, -0.2) is 4.98 Å².